The average Bonchev–Trinajstić information content (AvgIpc) is 2.86. The fourth-order valence-electron chi connectivity index (χ4n) is 6.29. The summed E-state index contributed by atoms with van der Waals surface area (Å²) >= 11 is 0. The summed E-state index contributed by atoms with van der Waals surface area (Å²) in [6, 6.07) is 0.600. The monoisotopic (exact) mass is 451 g/mol. The molecule has 0 aromatic carbocycles. The highest BCUT2D eigenvalue weighted by atomic mass is 16.5. The summed E-state index contributed by atoms with van der Waals surface area (Å²) in [5, 5.41) is 14.9. The van der Waals surface area contributed by atoms with Crippen LogP contribution in [-0.4, -0.2) is 82.5 Å². The maximum absolute atomic E-state index is 6.24. The minimum atomic E-state index is 0.265. The summed E-state index contributed by atoms with van der Waals surface area (Å²) in [4.78, 5) is 2.43. The predicted octanol–water partition coefficient (Wildman–Crippen LogP) is 2.23. The van der Waals surface area contributed by atoms with Gasteiger partial charge in [-0.05, 0) is 96.1 Å². The molecule has 0 aromatic heterocycles. The number of methoxy groups -OCH3 is 1. The molecule has 2 heterocycles. The molecule has 186 valence electrons. The lowest BCUT2D eigenvalue weighted by Crippen LogP contribution is -2.63. The van der Waals surface area contributed by atoms with E-state index < -0.39 is 0 Å². The van der Waals surface area contributed by atoms with Crippen LogP contribution in [0, 0.1) is 11.8 Å². The Morgan fingerprint density at radius 2 is 1.53 bits per heavy atom. The Labute approximate surface area is 196 Å². The van der Waals surface area contributed by atoms with Crippen molar-refractivity contribution < 1.29 is 9.47 Å². The SMILES string of the molecule is COC1CCC(C2CNC(NC3CCC(OCCN(C)C4CCCCN4)CC3)NC2)CC1. The molecule has 2 aliphatic carbocycles. The van der Waals surface area contributed by atoms with Gasteiger partial charge in [0.15, 0.2) is 0 Å². The van der Waals surface area contributed by atoms with Crippen LogP contribution in [0.1, 0.15) is 70.6 Å². The van der Waals surface area contributed by atoms with Crippen LogP contribution in [0.2, 0.25) is 0 Å². The van der Waals surface area contributed by atoms with Crippen LogP contribution >= 0.6 is 0 Å². The molecule has 4 N–H and O–H groups in total. The second kappa shape index (κ2) is 13.0. The van der Waals surface area contributed by atoms with Crippen LogP contribution in [0.4, 0.5) is 0 Å². The van der Waals surface area contributed by atoms with E-state index in [-0.39, 0.29) is 6.29 Å². The predicted molar refractivity (Wildman–Crippen MR) is 129 cm³/mol. The number of hydrogen-bond donors (Lipinski definition) is 4. The smallest absolute Gasteiger partial charge is 0.112 e. The first-order valence-corrected chi connectivity index (χ1v) is 13.5. The van der Waals surface area contributed by atoms with Crippen LogP contribution in [0.15, 0.2) is 0 Å². The molecule has 1 atom stereocenters. The van der Waals surface area contributed by atoms with Gasteiger partial charge in [-0.3, -0.25) is 20.9 Å². The normalized spacial score (nSPS) is 39.3. The molecule has 2 saturated carbocycles. The minimum absolute atomic E-state index is 0.265. The zero-order valence-electron chi connectivity index (χ0n) is 20.6. The van der Waals surface area contributed by atoms with Crippen molar-refractivity contribution in [2.75, 3.05) is 46.9 Å². The number of piperidine rings is 1. The lowest BCUT2D eigenvalue weighted by Gasteiger charge is -2.40. The summed E-state index contributed by atoms with van der Waals surface area (Å²) in [7, 11) is 4.09. The van der Waals surface area contributed by atoms with Gasteiger partial charge >= 0.3 is 0 Å². The molecule has 0 aromatic rings. The van der Waals surface area contributed by atoms with E-state index in [1.807, 2.05) is 7.11 Å². The van der Waals surface area contributed by atoms with Crippen molar-refractivity contribution in [2.24, 2.45) is 11.8 Å². The summed E-state index contributed by atoms with van der Waals surface area (Å²) in [6.07, 6.45) is 15.6. The summed E-state index contributed by atoms with van der Waals surface area (Å²) < 4.78 is 11.8. The molecule has 0 radical (unpaired) electrons. The Balaban J connectivity index is 1.05. The van der Waals surface area contributed by atoms with Crippen LogP contribution < -0.4 is 21.3 Å². The van der Waals surface area contributed by atoms with Gasteiger partial charge in [-0.15, -0.1) is 0 Å². The van der Waals surface area contributed by atoms with Crippen molar-refractivity contribution in [2.45, 2.75) is 101 Å². The van der Waals surface area contributed by atoms with Crippen molar-refractivity contribution in [3.05, 3.63) is 0 Å². The average molecular weight is 452 g/mol. The second-order valence-electron chi connectivity index (χ2n) is 10.7. The van der Waals surface area contributed by atoms with E-state index in [2.05, 4.69) is 33.2 Å². The fourth-order valence-corrected chi connectivity index (χ4v) is 6.29. The van der Waals surface area contributed by atoms with Gasteiger partial charge in [0.1, 0.15) is 6.29 Å². The number of nitrogens with one attached hydrogen (secondary N) is 4. The third-order valence-corrected chi connectivity index (χ3v) is 8.58. The Morgan fingerprint density at radius 3 is 2.19 bits per heavy atom. The molecule has 7 heteroatoms. The van der Waals surface area contributed by atoms with E-state index in [0.717, 1.165) is 44.6 Å². The first kappa shape index (κ1) is 24.8. The highest BCUT2D eigenvalue weighted by molar-refractivity contribution is 4.87. The van der Waals surface area contributed by atoms with E-state index in [1.54, 1.807) is 0 Å². The van der Waals surface area contributed by atoms with Gasteiger partial charge in [0.2, 0.25) is 0 Å². The maximum Gasteiger partial charge on any atom is 0.112 e. The first-order chi connectivity index (χ1) is 15.7. The Bertz CT molecular complexity index is 508. The molecule has 32 heavy (non-hydrogen) atoms. The van der Waals surface area contributed by atoms with Crippen molar-refractivity contribution in [1.29, 1.82) is 0 Å². The highest BCUT2D eigenvalue weighted by Crippen LogP contribution is 2.32. The molecule has 1 unspecified atom stereocenters. The van der Waals surface area contributed by atoms with Gasteiger partial charge in [-0.2, -0.15) is 0 Å². The van der Waals surface area contributed by atoms with Crippen LogP contribution in [-0.2, 0) is 9.47 Å². The third-order valence-electron chi connectivity index (χ3n) is 8.58. The van der Waals surface area contributed by atoms with Crippen molar-refractivity contribution in [1.82, 2.24) is 26.2 Å². The Hall–Kier alpha value is -0.280. The number of hydrogen-bond acceptors (Lipinski definition) is 7. The molecule has 4 fully saturated rings. The zero-order chi connectivity index (χ0) is 22.2. The first-order valence-electron chi connectivity index (χ1n) is 13.5. The second-order valence-corrected chi connectivity index (χ2v) is 10.7. The lowest BCUT2D eigenvalue weighted by atomic mass is 9.78. The van der Waals surface area contributed by atoms with E-state index in [4.69, 9.17) is 9.47 Å². The highest BCUT2D eigenvalue weighted by Gasteiger charge is 2.31. The molecule has 0 spiro atoms. The standard InChI is InChI=1S/C25H49N5O2/c1-30(24-5-3-4-14-26-24)15-16-32-23-12-8-21(9-13-23)29-25-27-17-20(18-28-25)19-6-10-22(31-2)11-7-19/h19-29H,3-18H2,1-2H3. The number of likely N-dealkylation sites (N-methyl/N-ethyl adjacent to an activating group) is 1. The molecule has 2 saturated heterocycles. The van der Waals surface area contributed by atoms with E-state index in [1.165, 1.54) is 70.6 Å². The van der Waals surface area contributed by atoms with Gasteiger partial charge in [0.05, 0.1) is 25.0 Å². The molecule has 2 aliphatic heterocycles. The van der Waals surface area contributed by atoms with Crippen LogP contribution in [0.5, 0.6) is 0 Å². The third kappa shape index (κ3) is 7.36. The number of ether oxygens (including phenoxy) is 2. The summed E-state index contributed by atoms with van der Waals surface area (Å²) in [6.45, 7) is 5.31. The quantitative estimate of drug-likeness (QED) is 0.429. The Morgan fingerprint density at radius 1 is 0.812 bits per heavy atom. The number of nitrogens with zero attached hydrogens (tertiary/aromatic N) is 1. The van der Waals surface area contributed by atoms with E-state index in [9.17, 15) is 0 Å². The van der Waals surface area contributed by atoms with Crippen molar-refractivity contribution in [3.63, 3.8) is 0 Å². The summed E-state index contributed by atoms with van der Waals surface area (Å²) in [5.41, 5.74) is 0. The van der Waals surface area contributed by atoms with Gasteiger partial charge < -0.3 is 14.8 Å². The molecule has 0 bridgehead atoms. The van der Waals surface area contributed by atoms with Crippen molar-refractivity contribution >= 4 is 0 Å². The minimum Gasteiger partial charge on any atom is -0.381 e. The van der Waals surface area contributed by atoms with E-state index >= 15 is 0 Å². The molecule has 4 aliphatic rings. The molecule has 7 nitrogen and oxygen atoms in total. The van der Waals surface area contributed by atoms with Crippen molar-refractivity contribution in [3.8, 4) is 0 Å². The van der Waals surface area contributed by atoms with Crippen LogP contribution in [0.25, 0.3) is 0 Å². The topological polar surface area (TPSA) is 69.8 Å². The van der Waals surface area contributed by atoms with Crippen LogP contribution in [0.3, 0.4) is 0 Å². The largest absolute Gasteiger partial charge is 0.381 e. The zero-order valence-corrected chi connectivity index (χ0v) is 20.6. The van der Waals surface area contributed by atoms with Gasteiger partial charge in [0, 0.05) is 32.8 Å². The van der Waals surface area contributed by atoms with Gasteiger partial charge in [-0.1, -0.05) is 0 Å². The maximum atomic E-state index is 6.24. The van der Waals surface area contributed by atoms with Gasteiger partial charge in [0.25, 0.3) is 0 Å². The number of rotatable bonds is 9. The van der Waals surface area contributed by atoms with E-state index in [0.29, 0.717) is 24.4 Å². The molecular weight excluding hydrogens is 402 g/mol. The molecular formula is C25H49N5O2. The van der Waals surface area contributed by atoms with Gasteiger partial charge in [-0.25, -0.2) is 0 Å². The summed E-state index contributed by atoms with van der Waals surface area (Å²) in [5.74, 6) is 1.61. The molecule has 4 rings (SSSR count). The molecule has 0 amide bonds. The Kier molecular flexibility index (Phi) is 10.1. The lowest BCUT2D eigenvalue weighted by molar-refractivity contribution is 0.00382. The fraction of sp³-hybridized carbons (Fsp3) is 1.00.